The van der Waals surface area contributed by atoms with E-state index in [-0.39, 0.29) is 24.6 Å². The largest absolute Gasteiger partial charge is 0.396 e. The second-order valence-electron chi connectivity index (χ2n) is 7.01. The first kappa shape index (κ1) is 22.8. The van der Waals surface area contributed by atoms with Crippen LogP contribution < -0.4 is 10.6 Å². The maximum atomic E-state index is 14.3. The second kappa shape index (κ2) is 11.5. The molecule has 0 spiro atoms. The number of nitrogens with zero attached hydrogens (tertiary/aromatic N) is 2. The summed E-state index contributed by atoms with van der Waals surface area (Å²) in [5.74, 6) is -0.737. The Kier molecular flexibility index (Phi) is 9.02. The Morgan fingerprint density at radius 1 is 1.03 bits per heavy atom. The molecule has 0 saturated heterocycles. The summed E-state index contributed by atoms with van der Waals surface area (Å²) in [6.45, 7) is 3.22. The topological polar surface area (TPSA) is 59.9 Å². The van der Waals surface area contributed by atoms with Crippen molar-refractivity contribution in [3.05, 3.63) is 71.3 Å². The van der Waals surface area contributed by atoms with E-state index in [1.54, 1.807) is 19.0 Å². The average Bonchev–Trinajstić information content (AvgIpc) is 2.71. The first-order chi connectivity index (χ1) is 14.0. The summed E-state index contributed by atoms with van der Waals surface area (Å²) in [7, 11) is 3.55. The zero-order chi connectivity index (χ0) is 21.2. The normalized spacial score (nSPS) is 14.0. The molecule has 7 heteroatoms. The van der Waals surface area contributed by atoms with Gasteiger partial charge in [0.05, 0.1) is 19.2 Å². The van der Waals surface area contributed by atoms with E-state index in [1.165, 1.54) is 18.2 Å². The fourth-order valence-electron chi connectivity index (χ4n) is 3.10. The summed E-state index contributed by atoms with van der Waals surface area (Å²) in [5.41, 5.74) is 1.03. The third-order valence-electron chi connectivity index (χ3n) is 4.72. The van der Waals surface area contributed by atoms with Gasteiger partial charge in [-0.3, -0.25) is 4.99 Å². The van der Waals surface area contributed by atoms with Gasteiger partial charge in [-0.15, -0.1) is 0 Å². The Bertz CT molecular complexity index is 763. The maximum absolute atomic E-state index is 14.3. The number of benzene rings is 2. The highest BCUT2D eigenvalue weighted by Gasteiger charge is 2.22. The lowest BCUT2D eigenvalue weighted by Gasteiger charge is -2.26. The maximum Gasteiger partial charge on any atom is 0.191 e. The van der Waals surface area contributed by atoms with E-state index in [0.717, 1.165) is 5.56 Å². The number of likely N-dealkylation sites (N-methyl/N-ethyl adjacent to an activating group) is 1. The number of hydrogen-bond donors (Lipinski definition) is 3. The Hall–Kier alpha value is -2.51. The molecule has 2 aromatic carbocycles. The van der Waals surface area contributed by atoms with Crippen LogP contribution in [-0.4, -0.2) is 56.3 Å². The Morgan fingerprint density at radius 3 is 2.24 bits per heavy atom. The van der Waals surface area contributed by atoms with Gasteiger partial charge in [-0.25, -0.2) is 8.78 Å². The Balaban J connectivity index is 2.13. The van der Waals surface area contributed by atoms with Crippen LogP contribution in [0.4, 0.5) is 8.78 Å². The van der Waals surface area contributed by atoms with Crippen LogP contribution in [0.1, 0.15) is 30.0 Å². The molecule has 158 valence electrons. The molecule has 2 atom stereocenters. The Labute approximate surface area is 171 Å². The molecule has 0 heterocycles. The minimum atomic E-state index is -0.572. The average molecular weight is 405 g/mol. The van der Waals surface area contributed by atoms with Crippen LogP contribution in [0.25, 0.3) is 0 Å². The van der Waals surface area contributed by atoms with Crippen LogP contribution in [0, 0.1) is 11.6 Å². The van der Waals surface area contributed by atoms with Crippen LogP contribution in [0.2, 0.25) is 0 Å². The molecule has 3 N–H and O–H groups in total. The van der Waals surface area contributed by atoms with Gasteiger partial charge in [0.2, 0.25) is 0 Å². The number of nitrogens with one attached hydrogen (secondary N) is 2. The molecular formula is C22H30F2N4O. The Morgan fingerprint density at radius 2 is 1.69 bits per heavy atom. The van der Waals surface area contributed by atoms with Crippen molar-refractivity contribution in [1.82, 2.24) is 15.5 Å². The summed E-state index contributed by atoms with van der Waals surface area (Å²) in [6.07, 6.45) is 0. The molecule has 0 aliphatic carbocycles. The molecular weight excluding hydrogens is 374 g/mol. The number of rotatable bonds is 9. The fraction of sp³-hybridized carbons (Fsp3) is 0.409. The van der Waals surface area contributed by atoms with E-state index in [1.807, 2.05) is 37.3 Å². The van der Waals surface area contributed by atoms with E-state index >= 15 is 0 Å². The van der Waals surface area contributed by atoms with Crippen molar-refractivity contribution in [3.8, 4) is 0 Å². The van der Waals surface area contributed by atoms with Crippen molar-refractivity contribution in [3.63, 3.8) is 0 Å². The molecule has 2 rings (SSSR count). The molecule has 2 aromatic rings. The standard InChI is InChI=1S/C22H30F2N4O/c1-4-25-22(26-13-17(15-29)16-9-6-5-7-10-16)27-14-20(28(2)3)21-18(23)11-8-12-19(21)24/h5-12,17,20,29H,4,13-15H2,1-3H3,(H2,25,26,27). The number of halogens is 2. The van der Waals surface area contributed by atoms with Crippen LogP contribution in [0.5, 0.6) is 0 Å². The van der Waals surface area contributed by atoms with Gasteiger partial charge in [0.15, 0.2) is 5.96 Å². The highest BCUT2D eigenvalue weighted by atomic mass is 19.1. The summed E-state index contributed by atoms with van der Waals surface area (Å²) in [5, 5.41) is 16.0. The smallest absolute Gasteiger partial charge is 0.191 e. The lowest BCUT2D eigenvalue weighted by atomic mass is 10.0. The van der Waals surface area contributed by atoms with Crippen molar-refractivity contribution < 1.29 is 13.9 Å². The molecule has 0 fully saturated rings. The number of aliphatic hydroxyl groups is 1. The first-order valence-electron chi connectivity index (χ1n) is 9.76. The number of aliphatic imine (C=N–C) groups is 1. The van der Waals surface area contributed by atoms with E-state index in [0.29, 0.717) is 19.0 Å². The predicted molar refractivity (Wildman–Crippen MR) is 113 cm³/mol. The van der Waals surface area contributed by atoms with E-state index < -0.39 is 17.7 Å². The fourth-order valence-corrected chi connectivity index (χ4v) is 3.10. The summed E-state index contributed by atoms with van der Waals surface area (Å²) in [6, 6.07) is 13.1. The van der Waals surface area contributed by atoms with Gasteiger partial charge in [-0.05, 0) is 38.7 Å². The van der Waals surface area contributed by atoms with Gasteiger partial charge < -0.3 is 20.6 Å². The third kappa shape index (κ3) is 6.51. The predicted octanol–water partition coefficient (Wildman–Crippen LogP) is 2.90. The molecule has 5 nitrogen and oxygen atoms in total. The highest BCUT2D eigenvalue weighted by Crippen LogP contribution is 2.24. The van der Waals surface area contributed by atoms with Crippen LogP contribution in [-0.2, 0) is 0 Å². The molecule has 0 bridgehead atoms. The number of aliphatic hydroxyl groups excluding tert-OH is 1. The van der Waals surface area contributed by atoms with Crippen LogP contribution in [0.3, 0.4) is 0 Å². The molecule has 0 saturated carbocycles. The van der Waals surface area contributed by atoms with Gasteiger partial charge in [0, 0.05) is 24.6 Å². The summed E-state index contributed by atoms with van der Waals surface area (Å²) < 4.78 is 28.5. The van der Waals surface area contributed by atoms with Gasteiger partial charge in [0.25, 0.3) is 0 Å². The molecule has 0 amide bonds. The van der Waals surface area contributed by atoms with Gasteiger partial charge in [-0.2, -0.15) is 0 Å². The molecule has 0 aliphatic rings. The first-order valence-corrected chi connectivity index (χ1v) is 9.76. The van der Waals surface area contributed by atoms with Gasteiger partial charge in [-0.1, -0.05) is 36.4 Å². The minimum Gasteiger partial charge on any atom is -0.396 e. The minimum absolute atomic E-state index is 0.0202. The monoisotopic (exact) mass is 404 g/mol. The van der Waals surface area contributed by atoms with Crippen LogP contribution in [0.15, 0.2) is 53.5 Å². The summed E-state index contributed by atoms with van der Waals surface area (Å²) in [4.78, 5) is 6.32. The SMILES string of the molecule is CCNC(=NCC(CO)c1ccccc1)NCC(c1c(F)cccc1F)N(C)C. The lowest BCUT2D eigenvalue weighted by Crippen LogP contribution is -2.42. The quantitative estimate of drug-likeness (QED) is 0.444. The van der Waals surface area contributed by atoms with E-state index in [2.05, 4.69) is 15.6 Å². The molecule has 0 aliphatic heterocycles. The van der Waals surface area contributed by atoms with Gasteiger partial charge in [0.1, 0.15) is 11.6 Å². The lowest BCUT2D eigenvalue weighted by molar-refractivity contribution is 0.267. The zero-order valence-electron chi connectivity index (χ0n) is 17.2. The number of guanidine groups is 1. The highest BCUT2D eigenvalue weighted by molar-refractivity contribution is 5.79. The number of hydrogen-bond acceptors (Lipinski definition) is 3. The van der Waals surface area contributed by atoms with Crippen molar-refractivity contribution >= 4 is 5.96 Å². The van der Waals surface area contributed by atoms with Crippen molar-refractivity contribution in [2.24, 2.45) is 4.99 Å². The van der Waals surface area contributed by atoms with E-state index in [4.69, 9.17) is 0 Å². The van der Waals surface area contributed by atoms with Crippen LogP contribution >= 0.6 is 0 Å². The second-order valence-corrected chi connectivity index (χ2v) is 7.01. The van der Waals surface area contributed by atoms with Crippen molar-refractivity contribution in [2.75, 3.05) is 40.3 Å². The summed E-state index contributed by atoms with van der Waals surface area (Å²) >= 11 is 0. The molecule has 0 aromatic heterocycles. The van der Waals surface area contributed by atoms with Crippen molar-refractivity contribution in [1.29, 1.82) is 0 Å². The van der Waals surface area contributed by atoms with Gasteiger partial charge >= 0.3 is 0 Å². The third-order valence-corrected chi connectivity index (χ3v) is 4.72. The molecule has 29 heavy (non-hydrogen) atoms. The van der Waals surface area contributed by atoms with Crippen molar-refractivity contribution in [2.45, 2.75) is 18.9 Å². The molecule has 2 unspecified atom stereocenters. The van der Waals surface area contributed by atoms with E-state index in [9.17, 15) is 13.9 Å². The zero-order valence-corrected chi connectivity index (χ0v) is 17.2. The molecule has 0 radical (unpaired) electrons.